The van der Waals surface area contributed by atoms with Crippen molar-refractivity contribution < 1.29 is 13.9 Å². The van der Waals surface area contributed by atoms with Crippen LogP contribution in [0.25, 0.3) is 11.1 Å². The second-order valence-corrected chi connectivity index (χ2v) is 6.81. The smallest absolute Gasteiger partial charge is 0.257 e. The van der Waals surface area contributed by atoms with Gasteiger partial charge in [0.2, 0.25) is 5.91 Å². The Balaban J connectivity index is 1.62. The molecule has 5 nitrogen and oxygen atoms in total. The molecule has 0 unspecified atom stereocenters. The van der Waals surface area contributed by atoms with E-state index < -0.39 is 0 Å². The molecule has 0 aliphatic rings. The van der Waals surface area contributed by atoms with Crippen LogP contribution in [0.3, 0.4) is 0 Å². The first kappa shape index (κ1) is 17.6. The predicted octanol–water partition coefficient (Wildman–Crippen LogP) is 4.24. The average Bonchev–Trinajstić information content (AvgIpc) is 3.02. The van der Waals surface area contributed by atoms with Crippen LogP contribution in [0.15, 0.2) is 52.1 Å². The molecule has 3 aromatic rings. The highest BCUT2D eigenvalue weighted by Gasteiger charge is 2.15. The highest BCUT2D eigenvalue weighted by atomic mass is 35.5. The van der Waals surface area contributed by atoms with Crippen LogP contribution in [-0.2, 0) is 11.3 Å². The Morgan fingerprint density at radius 1 is 1.32 bits per heavy atom. The third kappa shape index (κ3) is 4.27. The fourth-order valence-electron chi connectivity index (χ4n) is 2.36. The van der Waals surface area contributed by atoms with Crippen LogP contribution in [0.2, 0.25) is 5.02 Å². The molecule has 7 heteroatoms. The molecule has 3 rings (SSSR count). The number of carbonyl (C=O) groups excluding carboxylic acids is 1. The van der Waals surface area contributed by atoms with Gasteiger partial charge in [0.25, 0.3) is 5.22 Å². The van der Waals surface area contributed by atoms with Crippen molar-refractivity contribution in [2.45, 2.75) is 11.8 Å². The van der Waals surface area contributed by atoms with Gasteiger partial charge in [-0.3, -0.25) is 4.79 Å². The lowest BCUT2D eigenvalue weighted by Gasteiger charge is -2.18. The number of ether oxygens (including phenoxy) is 1. The lowest BCUT2D eigenvalue weighted by atomic mass is 10.2. The average molecular weight is 377 g/mol. The maximum Gasteiger partial charge on any atom is 0.257 e. The number of halogens is 1. The Kier molecular flexibility index (Phi) is 5.50. The zero-order chi connectivity index (χ0) is 17.8. The van der Waals surface area contributed by atoms with Crippen LogP contribution < -0.4 is 4.74 Å². The minimum atomic E-state index is -0.0331. The van der Waals surface area contributed by atoms with Crippen LogP contribution >= 0.6 is 23.4 Å². The molecule has 130 valence electrons. The van der Waals surface area contributed by atoms with Crippen molar-refractivity contribution in [1.82, 2.24) is 9.88 Å². The summed E-state index contributed by atoms with van der Waals surface area (Å²) in [5, 5.41) is 1.10. The van der Waals surface area contributed by atoms with E-state index in [0.29, 0.717) is 22.5 Å². The number of rotatable bonds is 6. The van der Waals surface area contributed by atoms with Crippen LogP contribution in [0, 0.1) is 0 Å². The molecule has 0 fully saturated rings. The Labute approximate surface area is 154 Å². The topological polar surface area (TPSA) is 55.6 Å². The first-order valence-electron chi connectivity index (χ1n) is 7.61. The van der Waals surface area contributed by atoms with Crippen LogP contribution in [0.4, 0.5) is 0 Å². The van der Waals surface area contributed by atoms with Crippen molar-refractivity contribution in [3.8, 4) is 5.75 Å². The maximum atomic E-state index is 12.4. The van der Waals surface area contributed by atoms with Crippen molar-refractivity contribution in [2.24, 2.45) is 0 Å². The first-order chi connectivity index (χ1) is 12.1. The van der Waals surface area contributed by atoms with E-state index >= 15 is 0 Å². The van der Waals surface area contributed by atoms with Gasteiger partial charge < -0.3 is 14.1 Å². The third-order valence-corrected chi connectivity index (χ3v) is 4.72. The predicted molar refractivity (Wildman–Crippen MR) is 99.2 cm³/mol. The minimum Gasteiger partial charge on any atom is -0.496 e. The quantitative estimate of drug-likeness (QED) is 0.602. The normalized spacial score (nSPS) is 10.8. The number of aromatic nitrogens is 1. The molecule has 0 aliphatic heterocycles. The molecule has 0 aliphatic carbocycles. The second kappa shape index (κ2) is 7.80. The number of thioether (sulfide) groups is 1. The highest BCUT2D eigenvalue weighted by Crippen LogP contribution is 2.25. The van der Waals surface area contributed by atoms with E-state index in [0.717, 1.165) is 16.7 Å². The van der Waals surface area contributed by atoms with Crippen molar-refractivity contribution in [1.29, 1.82) is 0 Å². The molecule has 1 amide bonds. The van der Waals surface area contributed by atoms with E-state index in [1.165, 1.54) is 11.8 Å². The Morgan fingerprint density at radius 3 is 2.88 bits per heavy atom. The number of oxazole rings is 1. The Hall–Kier alpha value is -2.18. The molecular weight excluding hydrogens is 360 g/mol. The summed E-state index contributed by atoms with van der Waals surface area (Å²) in [6.07, 6.45) is 0. The molecule has 0 bridgehead atoms. The van der Waals surface area contributed by atoms with Crippen molar-refractivity contribution >= 4 is 40.4 Å². The van der Waals surface area contributed by atoms with E-state index in [1.807, 2.05) is 24.3 Å². The number of hydrogen-bond acceptors (Lipinski definition) is 5. The highest BCUT2D eigenvalue weighted by molar-refractivity contribution is 7.99. The molecule has 25 heavy (non-hydrogen) atoms. The fraction of sp³-hybridized carbons (Fsp3) is 0.222. The zero-order valence-electron chi connectivity index (χ0n) is 13.9. The van der Waals surface area contributed by atoms with Gasteiger partial charge in [-0.2, -0.15) is 0 Å². The van der Waals surface area contributed by atoms with Crippen molar-refractivity contribution in [3.63, 3.8) is 0 Å². The summed E-state index contributed by atoms with van der Waals surface area (Å²) < 4.78 is 10.9. The van der Waals surface area contributed by atoms with Gasteiger partial charge in [0.1, 0.15) is 11.3 Å². The van der Waals surface area contributed by atoms with Gasteiger partial charge in [0.15, 0.2) is 5.58 Å². The van der Waals surface area contributed by atoms with Gasteiger partial charge in [-0.15, -0.1) is 0 Å². The first-order valence-corrected chi connectivity index (χ1v) is 8.98. The standard InChI is InChI=1S/C18H17ClN2O3S/c1-21(10-12-9-13(19)7-8-15(12)23-2)17(22)11-25-18-20-14-5-3-4-6-16(14)24-18/h3-9H,10-11H2,1-2H3. The Bertz CT molecular complexity index is 864. The number of hydrogen-bond donors (Lipinski definition) is 0. The number of benzene rings is 2. The molecule has 1 heterocycles. The number of fused-ring (bicyclic) bond motifs is 1. The molecule has 0 atom stereocenters. The minimum absolute atomic E-state index is 0.0331. The van der Waals surface area contributed by atoms with Crippen LogP contribution in [0.5, 0.6) is 5.75 Å². The van der Waals surface area contributed by atoms with Gasteiger partial charge in [0, 0.05) is 24.2 Å². The summed E-state index contributed by atoms with van der Waals surface area (Å²) >= 11 is 7.31. The number of nitrogens with zero attached hydrogens (tertiary/aromatic N) is 2. The maximum absolute atomic E-state index is 12.4. The van der Waals surface area contributed by atoms with Gasteiger partial charge in [0.05, 0.1) is 12.9 Å². The van der Waals surface area contributed by atoms with Gasteiger partial charge in [-0.05, 0) is 30.3 Å². The lowest BCUT2D eigenvalue weighted by molar-refractivity contribution is -0.127. The van der Waals surface area contributed by atoms with E-state index in [-0.39, 0.29) is 11.7 Å². The number of amides is 1. The molecule has 1 aromatic heterocycles. The van der Waals surface area contributed by atoms with Crippen LogP contribution in [-0.4, -0.2) is 35.7 Å². The molecule has 0 spiro atoms. The number of methoxy groups -OCH3 is 1. The Morgan fingerprint density at radius 2 is 2.12 bits per heavy atom. The summed E-state index contributed by atoms with van der Waals surface area (Å²) in [6.45, 7) is 0.413. The largest absolute Gasteiger partial charge is 0.496 e. The van der Waals surface area contributed by atoms with Gasteiger partial charge >= 0.3 is 0 Å². The summed E-state index contributed by atoms with van der Waals surface area (Å²) in [4.78, 5) is 18.4. The van der Waals surface area contributed by atoms with Gasteiger partial charge in [-0.1, -0.05) is 35.5 Å². The number of carbonyl (C=O) groups is 1. The zero-order valence-corrected chi connectivity index (χ0v) is 15.4. The van der Waals surface area contributed by atoms with Crippen molar-refractivity contribution in [2.75, 3.05) is 19.9 Å². The van der Waals surface area contributed by atoms with E-state index in [1.54, 1.807) is 37.3 Å². The fourth-order valence-corrected chi connectivity index (χ4v) is 3.33. The summed E-state index contributed by atoms with van der Waals surface area (Å²) in [6, 6.07) is 12.9. The molecule has 0 N–H and O–H groups in total. The summed E-state index contributed by atoms with van der Waals surface area (Å²) in [7, 11) is 3.34. The molecule has 0 radical (unpaired) electrons. The van der Waals surface area contributed by atoms with E-state index in [2.05, 4.69) is 4.98 Å². The van der Waals surface area contributed by atoms with E-state index in [4.69, 9.17) is 20.8 Å². The monoisotopic (exact) mass is 376 g/mol. The van der Waals surface area contributed by atoms with Gasteiger partial charge in [-0.25, -0.2) is 4.98 Å². The van der Waals surface area contributed by atoms with E-state index in [9.17, 15) is 4.79 Å². The molecule has 0 saturated carbocycles. The number of para-hydroxylation sites is 2. The second-order valence-electron chi connectivity index (χ2n) is 5.44. The third-order valence-electron chi connectivity index (χ3n) is 3.67. The summed E-state index contributed by atoms with van der Waals surface area (Å²) in [5.41, 5.74) is 2.36. The lowest BCUT2D eigenvalue weighted by Crippen LogP contribution is -2.28. The van der Waals surface area contributed by atoms with Crippen LogP contribution in [0.1, 0.15) is 5.56 Å². The molecule has 2 aromatic carbocycles. The SMILES string of the molecule is COc1ccc(Cl)cc1CN(C)C(=O)CSc1nc2ccccc2o1. The molecule has 0 saturated heterocycles. The summed E-state index contributed by atoms with van der Waals surface area (Å²) in [5.74, 6) is 0.914. The molecular formula is C18H17ClN2O3S. The van der Waals surface area contributed by atoms with Crippen molar-refractivity contribution in [3.05, 3.63) is 53.1 Å².